The van der Waals surface area contributed by atoms with Gasteiger partial charge in [-0.3, -0.25) is 4.79 Å². The number of pyridine rings is 1. The Balaban J connectivity index is 3.38. The van der Waals surface area contributed by atoms with E-state index in [0.717, 1.165) is 0 Å². The number of H-pyrrole nitrogens is 1. The smallest absolute Gasteiger partial charge is 0.197 e. The first kappa shape index (κ1) is 5.64. The summed E-state index contributed by atoms with van der Waals surface area (Å²) in [4.78, 5) is 13.4. The van der Waals surface area contributed by atoms with E-state index in [4.69, 9.17) is 6.42 Å². The Morgan fingerprint density at radius 1 is 1.67 bits per heavy atom. The van der Waals surface area contributed by atoms with Crippen molar-refractivity contribution in [2.45, 2.75) is 0 Å². The average molecular weight is 119 g/mol. The molecule has 0 spiro atoms. The van der Waals surface area contributed by atoms with Crippen LogP contribution >= 0.6 is 0 Å². The number of aromatic amines is 1. The predicted molar refractivity (Wildman–Crippen MR) is 35.0 cm³/mol. The van der Waals surface area contributed by atoms with Gasteiger partial charge in [0.2, 0.25) is 0 Å². The van der Waals surface area contributed by atoms with Crippen LogP contribution in [0.5, 0.6) is 0 Å². The Bertz CT molecular complexity index is 292. The topological polar surface area (TPSA) is 32.9 Å². The van der Waals surface area contributed by atoms with Crippen LogP contribution in [-0.4, -0.2) is 4.98 Å². The van der Waals surface area contributed by atoms with Gasteiger partial charge in [-0.05, 0) is 0 Å². The van der Waals surface area contributed by atoms with E-state index in [1.807, 2.05) is 0 Å². The summed E-state index contributed by atoms with van der Waals surface area (Å²) in [5.74, 6) is 2.25. The predicted octanol–water partition coefficient (Wildman–Crippen LogP) is 0.356. The molecule has 0 aliphatic rings. The van der Waals surface area contributed by atoms with Gasteiger partial charge in [0, 0.05) is 18.5 Å². The molecule has 2 nitrogen and oxygen atoms in total. The third-order valence-electron chi connectivity index (χ3n) is 0.980. The molecule has 1 aromatic heterocycles. The third-order valence-corrected chi connectivity index (χ3v) is 0.980. The minimum atomic E-state index is -0.115. The largest absolute Gasteiger partial charge is 0.366 e. The van der Waals surface area contributed by atoms with E-state index in [9.17, 15) is 4.79 Å². The molecule has 0 radical (unpaired) electrons. The molecule has 0 saturated carbocycles. The van der Waals surface area contributed by atoms with Crippen LogP contribution in [0.15, 0.2) is 23.3 Å². The molecule has 9 heavy (non-hydrogen) atoms. The van der Waals surface area contributed by atoms with Crippen LogP contribution in [0, 0.1) is 12.3 Å². The fourth-order valence-electron chi connectivity index (χ4n) is 0.529. The first-order chi connectivity index (χ1) is 4.34. The lowest BCUT2D eigenvalue weighted by Crippen LogP contribution is -2.02. The Hall–Kier alpha value is -1.49. The molecule has 0 fully saturated rings. The van der Waals surface area contributed by atoms with E-state index in [1.54, 1.807) is 6.20 Å². The number of rotatable bonds is 0. The van der Waals surface area contributed by atoms with Crippen molar-refractivity contribution in [2.75, 3.05) is 0 Å². The maximum Gasteiger partial charge on any atom is 0.197 e. The molecule has 0 amide bonds. The van der Waals surface area contributed by atoms with E-state index in [1.165, 1.54) is 12.3 Å². The first-order valence-electron chi connectivity index (χ1n) is 2.48. The van der Waals surface area contributed by atoms with Crippen LogP contribution in [0.3, 0.4) is 0 Å². The van der Waals surface area contributed by atoms with Gasteiger partial charge in [-0.2, -0.15) is 0 Å². The second-order valence-electron chi connectivity index (χ2n) is 1.57. The molecule has 1 rings (SSSR count). The second kappa shape index (κ2) is 2.19. The quantitative estimate of drug-likeness (QED) is 0.491. The van der Waals surface area contributed by atoms with Crippen molar-refractivity contribution in [3.63, 3.8) is 0 Å². The molecule has 1 aromatic rings. The van der Waals surface area contributed by atoms with Crippen LogP contribution in [0.2, 0.25) is 0 Å². The zero-order chi connectivity index (χ0) is 6.69. The summed E-state index contributed by atoms with van der Waals surface area (Å²) < 4.78 is 0. The lowest BCUT2D eigenvalue weighted by molar-refractivity contribution is 1.29. The zero-order valence-electron chi connectivity index (χ0n) is 4.72. The fraction of sp³-hybridized carbons (Fsp3) is 0. The summed E-state index contributed by atoms with van der Waals surface area (Å²) in [6.45, 7) is 0. The van der Waals surface area contributed by atoms with Crippen LogP contribution < -0.4 is 5.43 Å². The molecule has 0 saturated heterocycles. The van der Waals surface area contributed by atoms with E-state index in [0.29, 0.717) is 5.56 Å². The van der Waals surface area contributed by atoms with E-state index in [-0.39, 0.29) is 5.43 Å². The van der Waals surface area contributed by atoms with Gasteiger partial charge in [-0.1, -0.05) is 5.92 Å². The number of aromatic nitrogens is 1. The highest BCUT2D eigenvalue weighted by Crippen LogP contribution is 1.80. The molecule has 1 heterocycles. The molecule has 44 valence electrons. The fourth-order valence-corrected chi connectivity index (χ4v) is 0.529. The lowest BCUT2D eigenvalue weighted by atomic mass is 10.3. The van der Waals surface area contributed by atoms with E-state index in [2.05, 4.69) is 10.9 Å². The van der Waals surface area contributed by atoms with Crippen molar-refractivity contribution >= 4 is 0 Å². The number of hydrogen-bond donors (Lipinski definition) is 1. The van der Waals surface area contributed by atoms with Gasteiger partial charge in [-0.15, -0.1) is 6.42 Å². The Kier molecular flexibility index (Phi) is 1.37. The summed E-state index contributed by atoms with van der Waals surface area (Å²) in [6, 6.07) is 1.40. The SMILES string of the molecule is C#Cc1c[nH]ccc1=O. The highest BCUT2D eigenvalue weighted by molar-refractivity contribution is 5.27. The number of terminal acetylenes is 1. The minimum absolute atomic E-state index is 0.115. The van der Waals surface area contributed by atoms with Crippen molar-refractivity contribution in [1.29, 1.82) is 0 Å². The van der Waals surface area contributed by atoms with Crippen LogP contribution in [0.1, 0.15) is 5.56 Å². The molecule has 0 atom stereocenters. The molecule has 0 aliphatic heterocycles. The standard InChI is InChI=1S/C7H5NO/c1-2-6-5-8-4-3-7(6)9/h1,3-5H,(H,8,9). The van der Waals surface area contributed by atoms with Crippen molar-refractivity contribution in [1.82, 2.24) is 4.98 Å². The molecule has 0 aromatic carbocycles. The molecule has 2 heteroatoms. The zero-order valence-corrected chi connectivity index (χ0v) is 4.72. The normalized spacial score (nSPS) is 8.33. The van der Waals surface area contributed by atoms with E-state index >= 15 is 0 Å². The van der Waals surface area contributed by atoms with Gasteiger partial charge in [-0.25, -0.2) is 0 Å². The minimum Gasteiger partial charge on any atom is -0.366 e. The maximum absolute atomic E-state index is 10.7. The maximum atomic E-state index is 10.7. The molecule has 1 N–H and O–H groups in total. The van der Waals surface area contributed by atoms with Gasteiger partial charge >= 0.3 is 0 Å². The van der Waals surface area contributed by atoms with Crippen molar-refractivity contribution in [3.05, 3.63) is 34.2 Å². The summed E-state index contributed by atoms with van der Waals surface area (Å²) in [5.41, 5.74) is 0.258. The van der Waals surface area contributed by atoms with Gasteiger partial charge in [0.05, 0.1) is 5.56 Å². The molecule has 0 aliphatic carbocycles. The third kappa shape index (κ3) is 1.000. The van der Waals surface area contributed by atoms with Crippen molar-refractivity contribution in [2.24, 2.45) is 0 Å². The summed E-state index contributed by atoms with van der Waals surface area (Å²) in [5, 5.41) is 0. The highest BCUT2D eigenvalue weighted by Gasteiger charge is 1.88. The lowest BCUT2D eigenvalue weighted by Gasteiger charge is -1.83. The Labute approximate surface area is 52.5 Å². The summed E-state index contributed by atoms with van der Waals surface area (Å²) >= 11 is 0. The highest BCUT2D eigenvalue weighted by atomic mass is 16.1. The molecular formula is C7H5NO. The summed E-state index contributed by atoms with van der Waals surface area (Å²) in [6.07, 6.45) is 8.03. The number of hydrogen-bond acceptors (Lipinski definition) is 1. The van der Waals surface area contributed by atoms with Gasteiger partial charge in [0.15, 0.2) is 5.43 Å². The number of nitrogens with one attached hydrogen (secondary N) is 1. The molecule has 0 unspecified atom stereocenters. The monoisotopic (exact) mass is 119 g/mol. The van der Waals surface area contributed by atoms with Gasteiger partial charge < -0.3 is 4.98 Å². The first-order valence-corrected chi connectivity index (χ1v) is 2.48. The van der Waals surface area contributed by atoms with E-state index < -0.39 is 0 Å². The molecule has 0 bridgehead atoms. The van der Waals surface area contributed by atoms with Gasteiger partial charge in [0.1, 0.15) is 0 Å². The second-order valence-corrected chi connectivity index (χ2v) is 1.57. The van der Waals surface area contributed by atoms with Crippen molar-refractivity contribution in [3.8, 4) is 12.3 Å². The van der Waals surface area contributed by atoms with Gasteiger partial charge in [0.25, 0.3) is 0 Å². The van der Waals surface area contributed by atoms with Crippen LogP contribution in [-0.2, 0) is 0 Å². The Morgan fingerprint density at radius 2 is 2.44 bits per heavy atom. The van der Waals surface area contributed by atoms with Crippen molar-refractivity contribution < 1.29 is 0 Å². The molecular weight excluding hydrogens is 114 g/mol. The van der Waals surface area contributed by atoms with Crippen LogP contribution in [0.4, 0.5) is 0 Å². The average Bonchev–Trinajstić information content (AvgIpc) is 1.89. The van der Waals surface area contributed by atoms with Crippen LogP contribution in [0.25, 0.3) is 0 Å². The summed E-state index contributed by atoms with van der Waals surface area (Å²) in [7, 11) is 0. The Morgan fingerprint density at radius 3 is 2.89 bits per heavy atom.